The molecule has 1 amide bonds. The maximum atomic E-state index is 12.3. The fourth-order valence-electron chi connectivity index (χ4n) is 2.68. The highest BCUT2D eigenvalue weighted by molar-refractivity contribution is 5.88. The number of hydrogen-bond acceptors (Lipinski definition) is 4. The summed E-state index contributed by atoms with van der Waals surface area (Å²) in [5.74, 6) is -1.08. The van der Waals surface area contributed by atoms with E-state index in [1.165, 1.54) is 0 Å². The van der Waals surface area contributed by atoms with E-state index in [0.29, 0.717) is 12.0 Å². The van der Waals surface area contributed by atoms with Gasteiger partial charge in [0.1, 0.15) is 5.60 Å². The lowest BCUT2D eigenvalue weighted by molar-refractivity contribution is 0.0160. The Kier molecular flexibility index (Phi) is 3.69. The predicted octanol–water partition coefficient (Wildman–Crippen LogP) is 2.32. The molecule has 0 fully saturated rings. The molecule has 2 heterocycles. The van der Waals surface area contributed by atoms with Crippen LogP contribution in [0.2, 0.25) is 0 Å². The number of rotatable bonds is 2. The zero-order chi connectivity index (χ0) is 15.9. The third-order valence-corrected chi connectivity index (χ3v) is 3.43. The zero-order valence-electron chi connectivity index (χ0n) is 13.0. The second-order valence-corrected chi connectivity index (χ2v) is 6.17. The molecule has 1 N–H and O–H groups in total. The van der Waals surface area contributed by atoms with Gasteiger partial charge in [0.15, 0.2) is 5.69 Å². The number of aryl methyl sites for hydroxylation is 1. The number of aromatic nitrogens is 2. The highest BCUT2D eigenvalue weighted by atomic mass is 16.6. The van der Waals surface area contributed by atoms with Crippen molar-refractivity contribution in [1.29, 1.82) is 0 Å². The molecule has 0 spiro atoms. The predicted molar refractivity (Wildman–Crippen MR) is 75.0 cm³/mol. The first-order chi connectivity index (χ1) is 9.65. The molecule has 0 saturated heterocycles. The topological polar surface area (TPSA) is 84.7 Å². The van der Waals surface area contributed by atoms with Crippen molar-refractivity contribution in [2.75, 3.05) is 0 Å². The summed E-state index contributed by atoms with van der Waals surface area (Å²) >= 11 is 0. The van der Waals surface area contributed by atoms with E-state index in [2.05, 4.69) is 5.10 Å². The van der Waals surface area contributed by atoms with Gasteiger partial charge in [0.05, 0.1) is 18.3 Å². The fraction of sp³-hybridized carbons (Fsp3) is 0.643. The van der Waals surface area contributed by atoms with Crippen LogP contribution in [0, 0.1) is 0 Å². The van der Waals surface area contributed by atoms with E-state index in [0.717, 1.165) is 5.69 Å². The largest absolute Gasteiger partial charge is 0.476 e. The number of amides is 1. The number of aromatic carboxylic acids is 1. The van der Waals surface area contributed by atoms with Gasteiger partial charge in [-0.2, -0.15) is 5.10 Å². The van der Waals surface area contributed by atoms with E-state index in [1.807, 2.05) is 6.92 Å². The Morgan fingerprint density at radius 3 is 2.52 bits per heavy atom. The highest BCUT2D eigenvalue weighted by Gasteiger charge is 2.40. The number of carbonyl (C=O) groups is 2. The minimum Gasteiger partial charge on any atom is -0.476 e. The first kappa shape index (κ1) is 15.3. The first-order valence-electron chi connectivity index (χ1n) is 6.94. The third-order valence-electron chi connectivity index (χ3n) is 3.43. The molecular weight excluding hydrogens is 274 g/mol. The second-order valence-electron chi connectivity index (χ2n) is 6.17. The van der Waals surface area contributed by atoms with Gasteiger partial charge < -0.3 is 9.84 Å². The molecule has 2 rings (SSSR count). The van der Waals surface area contributed by atoms with Crippen molar-refractivity contribution in [2.24, 2.45) is 7.05 Å². The molecule has 0 bridgehead atoms. The minimum absolute atomic E-state index is 0.0111. The molecule has 7 heteroatoms. The summed E-state index contributed by atoms with van der Waals surface area (Å²) in [7, 11) is 1.70. The van der Waals surface area contributed by atoms with E-state index in [-0.39, 0.29) is 18.3 Å². The SMILES string of the molecule is CCC1c2c(c(C(=O)O)nn2C)CN1C(=O)OC(C)(C)C. The molecule has 21 heavy (non-hydrogen) atoms. The number of carbonyl (C=O) groups excluding carboxylic acids is 1. The Bertz CT molecular complexity index is 586. The summed E-state index contributed by atoms with van der Waals surface area (Å²) in [4.78, 5) is 25.2. The zero-order valence-corrected chi connectivity index (χ0v) is 13.0. The summed E-state index contributed by atoms with van der Waals surface area (Å²) < 4.78 is 6.96. The van der Waals surface area contributed by atoms with Crippen LogP contribution in [0.25, 0.3) is 0 Å². The van der Waals surface area contributed by atoms with Crippen molar-refractivity contribution in [3.05, 3.63) is 17.0 Å². The van der Waals surface area contributed by atoms with Crippen molar-refractivity contribution in [2.45, 2.75) is 52.3 Å². The van der Waals surface area contributed by atoms with E-state index in [9.17, 15) is 14.7 Å². The molecular formula is C14H21N3O4. The Hall–Kier alpha value is -2.05. The molecule has 0 radical (unpaired) electrons. The second kappa shape index (κ2) is 5.05. The summed E-state index contributed by atoms with van der Waals surface area (Å²) in [6.07, 6.45) is 0.243. The Balaban J connectivity index is 2.35. The molecule has 1 aromatic rings. The number of carboxylic acid groups (broad SMARTS) is 1. The fourth-order valence-corrected chi connectivity index (χ4v) is 2.68. The van der Waals surface area contributed by atoms with Crippen molar-refractivity contribution < 1.29 is 19.4 Å². The van der Waals surface area contributed by atoms with E-state index in [1.54, 1.807) is 37.4 Å². The molecule has 7 nitrogen and oxygen atoms in total. The molecule has 1 atom stereocenters. The lowest BCUT2D eigenvalue weighted by Gasteiger charge is -2.28. The smallest absolute Gasteiger partial charge is 0.411 e. The lowest BCUT2D eigenvalue weighted by atomic mass is 10.1. The first-order valence-corrected chi connectivity index (χ1v) is 6.94. The summed E-state index contributed by atoms with van der Waals surface area (Å²) in [6.45, 7) is 7.58. The van der Waals surface area contributed by atoms with Gasteiger partial charge in [-0.25, -0.2) is 9.59 Å². The van der Waals surface area contributed by atoms with Crippen molar-refractivity contribution in [3.63, 3.8) is 0 Å². The molecule has 0 aliphatic carbocycles. The van der Waals surface area contributed by atoms with Gasteiger partial charge in [-0.15, -0.1) is 0 Å². The summed E-state index contributed by atoms with van der Waals surface area (Å²) in [6, 6.07) is -0.208. The normalized spacial score (nSPS) is 17.8. The maximum Gasteiger partial charge on any atom is 0.411 e. The lowest BCUT2D eigenvalue weighted by Crippen LogP contribution is -2.36. The Labute approximate surface area is 123 Å². The van der Waals surface area contributed by atoms with Gasteiger partial charge in [-0.3, -0.25) is 9.58 Å². The molecule has 1 unspecified atom stereocenters. The van der Waals surface area contributed by atoms with E-state index in [4.69, 9.17) is 4.74 Å². The Morgan fingerprint density at radius 2 is 2.05 bits per heavy atom. The van der Waals surface area contributed by atoms with Crippen LogP contribution in [-0.2, 0) is 18.3 Å². The van der Waals surface area contributed by atoms with Crippen LogP contribution >= 0.6 is 0 Å². The molecule has 1 aromatic heterocycles. The average Bonchev–Trinajstić information content (AvgIpc) is 2.85. The van der Waals surface area contributed by atoms with Crippen LogP contribution in [0.4, 0.5) is 4.79 Å². The minimum atomic E-state index is -1.08. The van der Waals surface area contributed by atoms with Crippen molar-refractivity contribution >= 4 is 12.1 Å². The summed E-state index contributed by atoms with van der Waals surface area (Å²) in [5, 5.41) is 13.3. The number of fused-ring (bicyclic) bond motifs is 1. The summed E-state index contributed by atoms with van der Waals surface area (Å²) in [5.41, 5.74) is 0.804. The number of hydrogen-bond donors (Lipinski definition) is 1. The van der Waals surface area contributed by atoms with Crippen LogP contribution in [0.5, 0.6) is 0 Å². The number of nitrogens with zero attached hydrogens (tertiary/aromatic N) is 3. The van der Waals surface area contributed by atoms with Gasteiger partial charge in [0.25, 0.3) is 0 Å². The Morgan fingerprint density at radius 1 is 1.43 bits per heavy atom. The maximum absolute atomic E-state index is 12.3. The van der Waals surface area contributed by atoms with Crippen LogP contribution in [0.15, 0.2) is 0 Å². The molecule has 1 aliphatic rings. The molecule has 0 saturated carbocycles. The van der Waals surface area contributed by atoms with Gasteiger partial charge in [-0.1, -0.05) is 6.92 Å². The van der Waals surface area contributed by atoms with Gasteiger partial charge >= 0.3 is 12.1 Å². The van der Waals surface area contributed by atoms with Crippen LogP contribution in [-0.4, -0.2) is 37.5 Å². The van der Waals surface area contributed by atoms with Crippen molar-refractivity contribution in [1.82, 2.24) is 14.7 Å². The highest BCUT2D eigenvalue weighted by Crippen LogP contribution is 2.38. The average molecular weight is 295 g/mol. The third kappa shape index (κ3) is 2.72. The van der Waals surface area contributed by atoms with Crippen LogP contribution in [0.1, 0.15) is 61.9 Å². The number of carboxylic acids is 1. The van der Waals surface area contributed by atoms with Crippen molar-refractivity contribution in [3.8, 4) is 0 Å². The quantitative estimate of drug-likeness (QED) is 0.905. The standard InChI is InChI=1S/C14H21N3O4/c1-6-9-11-8(10(12(18)19)15-16(11)5)7-17(9)13(20)21-14(2,3)4/h9H,6-7H2,1-5H3,(H,18,19). The van der Waals surface area contributed by atoms with E-state index < -0.39 is 17.7 Å². The van der Waals surface area contributed by atoms with Crippen LogP contribution in [0.3, 0.4) is 0 Å². The molecule has 0 aromatic carbocycles. The van der Waals surface area contributed by atoms with Gasteiger partial charge in [0, 0.05) is 12.6 Å². The molecule has 116 valence electrons. The molecule has 1 aliphatic heterocycles. The van der Waals surface area contributed by atoms with Gasteiger partial charge in [-0.05, 0) is 27.2 Å². The van der Waals surface area contributed by atoms with Crippen LogP contribution < -0.4 is 0 Å². The number of ether oxygens (including phenoxy) is 1. The monoisotopic (exact) mass is 295 g/mol. The van der Waals surface area contributed by atoms with E-state index >= 15 is 0 Å². The van der Waals surface area contributed by atoms with Gasteiger partial charge in [0.2, 0.25) is 0 Å².